The topological polar surface area (TPSA) is 12.5 Å². The number of rotatable bonds is 3. The van der Waals surface area contributed by atoms with Gasteiger partial charge in [0.05, 0.1) is 17.7 Å². The van der Waals surface area contributed by atoms with Crippen LogP contribution in [0.3, 0.4) is 0 Å². The van der Waals surface area contributed by atoms with Gasteiger partial charge in [-0.2, -0.15) is 0 Å². The monoisotopic (exact) mass is 295 g/mol. The minimum Gasteiger partial charge on any atom is -0.497 e. The molecular formula is C15H21NOS2. The molecule has 1 aromatic rings. The van der Waals surface area contributed by atoms with Crippen molar-refractivity contribution in [1.29, 1.82) is 0 Å². The fourth-order valence-electron chi connectivity index (χ4n) is 2.88. The van der Waals surface area contributed by atoms with Crippen molar-refractivity contribution >= 4 is 29.2 Å². The molecule has 0 aliphatic carbocycles. The van der Waals surface area contributed by atoms with Crippen molar-refractivity contribution in [3.05, 3.63) is 24.3 Å². The van der Waals surface area contributed by atoms with Crippen LogP contribution < -0.4 is 9.64 Å². The van der Waals surface area contributed by atoms with Crippen molar-refractivity contribution in [2.45, 2.75) is 24.0 Å². The van der Waals surface area contributed by atoms with Crippen LogP contribution in [0.25, 0.3) is 0 Å². The average molecular weight is 295 g/mol. The normalized spacial score (nSPS) is 28.0. The fourth-order valence-corrected chi connectivity index (χ4v) is 6.34. The molecule has 4 heteroatoms. The minimum absolute atomic E-state index is 0.698. The van der Waals surface area contributed by atoms with Crippen LogP contribution in [0.4, 0.5) is 5.69 Å². The Bertz CT molecular complexity index is 417. The van der Waals surface area contributed by atoms with E-state index >= 15 is 0 Å². The Morgan fingerprint density at radius 1 is 1.16 bits per heavy atom. The van der Waals surface area contributed by atoms with Gasteiger partial charge in [-0.3, -0.25) is 0 Å². The van der Waals surface area contributed by atoms with E-state index in [9.17, 15) is 0 Å². The standard InChI is InChI=1S/C15H21NOS2/c1-11-10-16(12-4-6-13(17-2)7-5-12)14(11)15-18-8-3-9-19-15/h4-7,11,14-15H,3,8-10H2,1-2H3/t11-,14+/m1/s1. The van der Waals surface area contributed by atoms with Gasteiger partial charge in [-0.15, -0.1) is 23.5 Å². The molecule has 0 radical (unpaired) electrons. The summed E-state index contributed by atoms with van der Waals surface area (Å²) in [6.45, 7) is 3.58. The van der Waals surface area contributed by atoms with Crippen LogP contribution in [-0.2, 0) is 0 Å². The molecule has 2 heterocycles. The first-order valence-electron chi connectivity index (χ1n) is 6.93. The van der Waals surface area contributed by atoms with Gasteiger partial charge in [0.15, 0.2) is 0 Å². The van der Waals surface area contributed by atoms with Crippen LogP contribution in [-0.4, -0.2) is 35.8 Å². The van der Waals surface area contributed by atoms with Crippen molar-refractivity contribution in [2.75, 3.05) is 30.1 Å². The molecule has 2 aliphatic heterocycles. The summed E-state index contributed by atoms with van der Waals surface area (Å²) in [4.78, 5) is 2.57. The van der Waals surface area contributed by atoms with Gasteiger partial charge in [-0.05, 0) is 48.1 Å². The van der Waals surface area contributed by atoms with Gasteiger partial charge >= 0.3 is 0 Å². The minimum atomic E-state index is 0.698. The van der Waals surface area contributed by atoms with E-state index in [-0.39, 0.29) is 0 Å². The fraction of sp³-hybridized carbons (Fsp3) is 0.600. The molecule has 0 aromatic heterocycles. The number of nitrogens with zero attached hydrogens (tertiary/aromatic N) is 1. The molecule has 0 amide bonds. The Hall–Kier alpha value is -0.480. The molecule has 0 bridgehead atoms. The van der Waals surface area contributed by atoms with Crippen LogP contribution in [0.15, 0.2) is 24.3 Å². The number of benzene rings is 1. The Balaban J connectivity index is 1.72. The van der Waals surface area contributed by atoms with Crippen LogP contribution in [0, 0.1) is 5.92 Å². The smallest absolute Gasteiger partial charge is 0.119 e. The maximum atomic E-state index is 5.24. The Kier molecular flexibility index (Phi) is 4.18. The largest absolute Gasteiger partial charge is 0.497 e. The number of ether oxygens (including phenoxy) is 1. The van der Waals surface area contributed by atoms with Crippen molar-refractivity contribution in [1.82, 2.24) is 0 Å². The van der Waals surface area contributed by atoms with Crippen LogP contribution >= 0.6 is 23.5 Å². The Morgan fingerprint density at radius 2 is 1.84 bits per heavy atom. The number of hydrogen-bond acceptors (Lipinski definition) is 4. The van der Waals surface area contributed by atoms with Gasteiger partial charge in [-0.1, -0.05) is 6.92 Å². The zero-order chi connectivity index (χ0) is 13.2. The van der Waals surface area contributed by atoms with E-state index in [2.05, 4.69) is 59.6 Å². The highest BCUT2D eigenvalue weighted by molar-refractivity contribution is 8.17. The summed E-state index contributed by atoms with van der Waals surface area (Å²) in [7, 11) is 1.72. The van der Waals surface area contributed by atoms with Gasteiger partial charge in [0.25, 0.3) is 0 Å². The predicted octanol–water partition coefficient (Wildman–Crippen LogP) is 3.72. The van der Waals surface area contributed by atoms with Gasteiger partial charge in [0.2, 0.25) is 0 Å². The van der Waals surface area contributed by atoms with Crippen molar-refractivity contribution in [3.8, 4) is 5.75 Å². The number of anilines is 1. The molecule has 2 nitrogen and oxygen atoms in total. The second-order valence-electron chi connectivity index (χ2n) is 5.28. The molecule has 0 unspecified atom stereocenters. The molecule has 2 atom stereocenters. The zero-order valence-corrected chi connectivity index (χ0v) is 13.2. The average Bonchev–Trinajstić information content (AvgIpc) is 2.46. The molecule has 0 spiro atoms. The maximum Gasteiger partial charge on any atom is 0.119 e. The highest BCUT2D eigenvalue weighted by Crippen LogP contribution is 2.43. The second kappa shape index (κ2) is 5.88. The zero-order valence-electron chi connectivity index (χ0n) is 11.5. The first-order valence-corrected chi connectivity index (χ1v) is 9.03. The van der Waals surface area contributed by atoms with Crippen molar-refractivity contribution in [2.24, 2.45) is 5.92 Å². The maximum absolute atomic E-state index is 5.24. The van der Waals surface area contributed by atoms with Gasteiger partial charge < -0.3 is 9.64 Å². The first kappa shape index (κ1) is 13.5. The molecule has 2 saturated heterocycles. The second-order valence-corrected chi connectivity index (χ2v) is 8.08. The predicted molar refractivity (Wildman–Crippen MR) is 86.6 cm³/mol. The van der Waals surface area contributed by atoms with E-state index in [0.29, 0.717) is 6.04 Å². The van der Waals surface area contributed by atoms with Gasteiger partial charge in [-0.25, -0.2) is 0 Å². The lowest BCUT2D eigenvalue weighted by atomic mass is 9.91. The third-order valence-electron chi connectivity index (χ3n) is 3.96. The first-order chi connectivity index (χ1) is 9.29. The highest BCUT2D eigenvalue weighted by atomic mass is 32.2. The molecule has 2 fully saturated rings. The lowest BCUT2D eigenvalue weighted by Crippen LogP contribution is -2.59. The summed E-state index contributed by atoms with van der Waals surface area (Å²) in [5.41, 5.74) is 1.34. The number of hydrogen-bond donors (Lipinski definition) is 0. The summed E-state index contributed by atoms with van der Waals surface area (Å²) in [6, 6.07) is 9.21. The third kappa shape index (κ3) is 2.70. The molecule has 2 aliphatic rings. The summed E-state index contributed by atoms with van der Waals surface area (Å²) in [5, 5.41) is 0. The Morgan fingerprint density at radius 3 is 2.42 bits per heavy atom. The van der Waals surface area contributed by atoms with Crippen molar-refractivity contribution < 1.29 is 4.74 Å². The van der Waals surface area contributed by atoms with Gasteiger partial charge in [0.1, 0.15) is 5.75 Å². The molecule has 19 heavy (non-hydrogen) atoms. The van der Waals surface area contributed by atoms with E-state index in [0.717, 1.165) is 16.2 Å². The summed E-state index contributed by atoms with van der Waals surface area (Å²) in [6.07, 6.45) is 1.37. The molecule has 1 aromatic carbocycles. The van der Waals surface area contributed by atoms with E-state index in [4.69, 9.17) is 4.74 Å². The summed E-state index contributed by atoms with van der Waals surface area (Å²) >= 11 is 4.31. The highest BCUT2D eigenvalue weighted by Gasteiger charge is 2.42. The van der Waals surface area contributed by atoms with E-state index in [1.54, 1.807) is 7.11 Å². The van der Waals surface area contributed by atoms with Gasteiger partial charge in [0, 0.05) is 12.2 Å². The molecule has 0 saturated carbocycles. The number of thioether (sulfide) groups is 2. The lowest BCUT2D eigenvalue weighted by Gasteiger charge is -2.52. The molecule has 3 rings (SSSR count). The van der Waals surface area contributed by atoms with E-state index in [1.807, 2.05) is 0 Å². The molecule has 0 N–H and O–H groups in total. The number of methoxy groups -OCH3 is 1. The van der Waals surface area contributed by atoms with Crippen LogP contribution in [0.5, 0.6) is 5.75 Å². The quantitative estimate of drug-likeness (QED) is 0.842. The summed E-state index contributed by atoms with van der Waals surface area (Å²) in [5.74, 6) is 4.41. The Labute approximate surface area is 124 Å². The molecule has 104 valence electrons. The van der Waals surface area contributed by atoms with Crippen LogP contribution in [0.2, 0.25) is 0 Å². The molecular weight excluding hydrogens is 274 g/mol. The van der Waals surface area contributed by atoms with E-state index in [1.165, 1.54) is 30.2 Å². The SMILES string of the molecule is COc1ccc(N2C[C@@H](C)[C@H]2C2SCCCS2)cc1. The van der Waals surface area contributed by atoms with Crippen LogP contribution in [0.1, 0.15) is 13.3 Å². The van der Waals surface area contributed by atoms with Crippen molar-refractivity contribution in [3.63, 3.8) is 0 Å². The summed E-state index contributed by atoms with van der Waals surface area (Å²) < 4.78 is 5.99. The lowest BCUT2D eigenvalue weighted by molar-refractivity contribution is 0.335. The third-order valence-corrected chi connectivity index (χ3v) is 7.04. The van der Waals surface area contributed by atoms with E-state index < -0.39 is 0 Å².